The predicted molar refractivity (Wildman–Crippen MR) is 202 cm³/mol. The Morgan fingerprint density at radius 2 is 1.27 bits per heavy atom. The SMILES string of the molecule is CC[C@@H](O)/C=C/C=C\C/C=C\C/C=C\C/C=C\CCCC(=O)O[C@H](COC(=O)CCCCCCCCCC(C)C)COP(=O)(O)OC[C@@H](O)CO. The van der Waals surface area contributed by atoms with Crippen molar-refractivity contribution in [2.75, 3.05) is 26.4 Å². The second-order valence-corrected chi connectivity index (χ2v) is 14.4. The maximum Gasteiger partial charge on any atom is 0.472 e. The van der Waals surface area contributed by atoms with Gasteiger partial charge in [-0.05, 0) is 50.9 Å². The van der Waals surface area contributed by atoms with Crippen LogP contribution in [0, 0.1) is 5.92 Å². The van der Waals surface area contributed by atoms with Crippen molar-refractivity contribution < 1.29 is 52.9 Å². The van der Waals surface area contributed by atoms with E-state index >= 15 is 0 Å². The number of ether oxygens (including phenoxy) is 2. The first-order valence-corrected chi connectivity index (χ1v) is 20.2. The zero-order chi connectivity index (χ0) is 38.0. The van der Waals surface area contributed by atoms with Crippen LogP contribution in [0.15, 0.2) is 60.8 Å². The standard InChI is InChI=1S/C39H67O11P/c1-4-35(41)27-23-19-15-11-9-7-5-6-8-10-12-16-21-25-29-39(44)50-37(33-49-51(45,46)48-31-36(42)30-40)32-47-38(43)28-24-20-17-13-14-18-22-26-34(2)3/h6-9,12,15-16,19,23,27,34-37,40-42H,4-5,10-11,13-14,17-18,20-22,24-26,28-33H2,1-3H3,(H,45,46)/b8-6-,9-7-,16-12-,19-15-,27-23+/t35-,36+,37-/m1/s1. The molecular formula is C39H67O11P. The molecular weight excluding hydrogens is 675 g/mol. The Morgan fingerprint density at radius 3 is 1.90 bits per heavy atom. The highest BCUT2D eigenvalue weighted by atomic mass is 31.2. The number of carbonyl (C=O) groups excluding carboxylic acids is 2. The summed E-state index contributed by atoms with van der Waals surface area (Å²) in [5, 5.41) is 27.7. The average molecular weight is 743 g/mol. The van der Waals surface area contributed by atoms with Crippen molar-refractivity contribution in [1.82, 2.24) is 0 Å². The van der Waals surface area contributed by atoms with Crippen molar-refractivity contribution >= 4 is 19.8 Å². The number of hydrogen-bond acceptors (Lipinski definition) is 10. The van der Waals surface area contributed by atoms with Gasteiger partial charge < -0.3 is 29.7 Å². The number of aliphatic hydroxyl groups excluding tert-OH is 3. The molecule has 294 valence electrons. The second kappa shape index (κ2) is 33.5. The molecule has 0 aliphatic carbocycles. The van der Waals surface area contributed by atoms with Gasteiger partial charge in [0.2, 0.25) is 0 Å². The number of hydrogen-bond donors (Lipinski definition) is 4. The van der Waals surface area contributed by atoms with E-state index in [-0.39, 0.29) is 19.4 Å². The third-order valence-electron chi connectivity index (χ3n) is 7.52. The minimum atomic E-state index is -4.64. The molecule has 11 nitrogen and oxygen atoms in total. The Kier molecular flexibility index (Phi) is 31.9. The van der Waals surface area contributed by atoms with Gasteiger partial charge in [0.05, 0.1) is 25.9 Å². The fourth-order valence-electron chi connectivity index (χ4n) is 4.46. The van der Waals surface area contributed by atoms with E-state index in [9.17, 15) is 29.3 Å². The topological polar surface area (TPSA) is 169 Å². The monoisotopic (exact) mass is 742 g/mol. The summed E-state index contributed by atoms with van der Waals surface area (Å²) in [7, 11) is -4.64. The molecule has 0 aromatic rings. The van der Waals surface area contributed by atoms with Gasteiger partial charge in [-0.1, -0.05) is 126 Å². The number of aliphatic hydroxyl groups is 3. The van der Waals surface area contributed by atoms with Gasteiger partial charge in [0.25, 0.3) is 0 Å². The predicted octanol–water partition coefficient (Wildman–Crippen LogP) is 7.99. The van der Waals surface area contributed by atoms with E-state index in [2.05, 4.69) is 42.7 Å². The summed E-state index contributed by atoms with van der Waals surface area (Å²) >= 11 is 0. The van der Waals surface area contributed by atoms with Crippen LogP contribution >= 0.6 is 7.82 Å². The third kappa shape index (κ3) is 34.5. The number of esters is 2. The molecule has 4 atom stereocenters. The van der Waals surface area contributed by atoms with Crippen LogP contribution in [-0.2, 0) is 32.7 Å². The highest BCUT2D eigenvalue weighted by Crippen LogP contribution is 2.43. The van der Waals surface area contributed by atoms with Crippen molar-refractivity contribution in [2.24, 2.45) is 5.92 Å². The lowest BCUT2D eigenvalue weighted by Gasteiger charge is -2.20. The van der Waals surface area contributed by atoms with E-state index in [1.165, 1.54) is 25.7 Å². The van der Waals surface area contributed by atoms with Crippen LogP contribution in [0.5, 0.6) is 0 Å². The number of phosphoric ester groups is 1. The number of unbranched alkanes of at least 4 members (excludes halogenated alkanes) is 7. The smallest absolute Gasteiger partial charge is 0.462 e. The van der Waals surface area contributed by atoms with Crippen LogP contribution in [0.25, 0.3) is 0 Å². The Hall–Kier alpha value is -2.37. The summed E-state index contributed by atoms with van der Waals surface area (Å²) in [5.41, 5.74) is 0. The molecule has 4 N–H and O–H groups in total. The van der Waals surface area contributed by atoms with Gasteiger partial charge in [0.1, 0.15) is 12.7 Å². The number of allylic oxidation sites excluding steroid dienone is 9. The first kappa shape index (κ1) is 48.6. The van der Waals surface area contributed by atoms with Gasteiger partial charge in [0.15, 0.2) is 6.10 Å². The van der Waals surface area contributed by atoms with Gasteiger partial charge in [-0.25, -0.2) is 4.57 Å². The Balaban J connectivity index is 4.52. The van der Waals surface area contributed by atoms with Crippen LogP contribution in [0.3, 0.4) is 0 Å². The summed E-state index contributed by atoms with van der Waals surface area (Å²) < 4.78 is 32.4. The van der Waals surface area contributed by atoms with Gasteiger partial charge >= 0.3 is 19.8 Å². The van der Waals surface area contributed by atoms with Gasteiger partial charge in [-0.2, -0.15) is 0 Å². The average Bonchev–Trinajstić information content (AvgIpc) is 3.10. The first-order valence-electron chi connectivity index (χ1n) is 18.7. The molecule has 0 aromatic heterocycles. The zero-order valence-electron chi connectivity index (χ0n) is 31.3. The van der Waals surface area contributed by atoms with E-state index in [1.54, 1.807) is 6.08 Å². The molecule has 0 saturated carbocycles. The largest absolute Gasteiger partial charge is 0.472 e. The molecule has 12 heteroatoms. The normalized spacial score (nSPS) is 15.5. The Morgan fingerprint density at radius 1 is 0.706 bits per heavy atom. The third-order valence-corrected chi connectivity index (χ3v) is 8.47. The van der Waals surface area contributed by atoms with Crippen LogP contribution in [0.1, 0.15) is 124 Å². The minimum Gasteiger partial charge on any atom is -0.462 e. The molecule has 0 bridgehead atoms. The highest BCUT2D eigenvalue weighted by Gasteiger charge is 2.27. The molecule has 0 amide bonds. The van der Waals surface area contributed by atoms with E-state index in [4.69, 9.17) is 19.1 Å². The summed E-state index contributed by atoms with van der Waals surface area (Å²) in [4.78, 5) is 34.7. The van der Waals surface area contributed by atoms with E-state index < -0.39 is 57.9 Å². The minimum absolute atomic E-state index is 0.0896. The molecule has 0 aliphatic rings. The van der Waals surface area contributed by atoms with Crippen molar-refractivity contribution in [3.63, 3.8) is 0 Å². The van der Waals surface area contributed by atoms with Crippen LogP contribution in [0.4, 0.5) is 0 Å². The maximum absolute atomic E-state index is 12.5. The van der Waals surface area contributed by atoms with Crippen LogP contribution in [-0.4, -0.2) is 76.9 Å². The van der Waals surface area contributed by atoms with Gasteiger partial charge in [-0.15, -0.1) is 0 Å². The Bertz CT molecular complexity index is 1070. The molecule has 0 radical (unpaired) electrons. The van der Waals surface area contributed by atoms with Crippen molar-refractivity contribution in [1.29, 1.82) is 0 Å². The summed E-state index contributed by atoms with van der Waals surface area (Å²) in [6.45, 7) is 4.18. The quantitative estimate of drug-likeness (QED) is 0.0169. The fraction of sp³-hybridized carbons (Fsp3) is 0.692. The zero-order valence-corrected chi connectivity index (χ0v) is 32.2. The molecule has 51 heavy (non-hydrogen) atoms. The number of carbonyl (C=O) groups is 2. The molecule has 0 fully saturated rings. The van der Waals surface area contributed by atoms with E-state index in [0.717, 1.165) is 44.4 Å². The fourth-order valence-corrected chi connectivity index (χ4v) is 5.25. The van der Waals surface area contributed by atoms with Crippen LogP contribution in [0.2, 0.25) is 0 Å². The summed E-state index contributed by atoms with van der Waals surface area (Å²) in [5.74, 6) is -0.288. The van der Waals surface area contributed by atoms with E-state index in [0.29, 0.717) is 25.7 Å². The molecule has 1 unspecified atom stereocenters. The maximum atomic E-state index is 12.5. The molecule has 0 aliphatic heterocycles. The summed E-state index contributed by atoms with van der Waals surface area (Å²) in [6.07, 6.45) is 30.3. The molecule has 0 heterocycles. The lowest BCUT2D eigenvalue weighted by molar-refractivity contribution is -0.161. The lowest BCUT2D eigenvalue weighted by Crippen LogP contribution is -2.29. The first-order chi connectivity index (χ1) is 24.5. The van der Waals surface area contributed by atoms with Gasteiger partial charge in [-0.3, -0.25) is 18.6 Å². The number of rotatable bonds is 33. The Labute approximate surface area is 307 Å². The van der Waals surface area contributed by atoms with Crippen molar-refractivity contribution in [3.05, 3.63) is 60.8 Å². The molecule has 0 spiro atoms. The molecule has 0 saturated heterocycles. The second-order valence-electron chi connectivity index (χ2n) is 12.9. The van der Waals surface area contributed by atoms with Gasteiger partial charge in [0, 0.05) is 12.8 Å². The molecule has 0 aromatic carbocycles. The van der Waals surface area contributed by atoms with Crippen molar-refractivity contribution in [3.8, 4) is 0 Å². The molecule has 0 rings (SSSR count). The van der Waals surface area contributed by atoms with Crippen LogP contribution < -0.4 is 0 Å². The lowest BCUT2D eigenvalue weighted by atomic mass is 10.0. The van der Waals surface area contributed by atoms with Crippen molar-refractivity contribution in [2.45, 2.75) is 142 Å². The summed E-state index contributed by atoms with van der Waals surface area (Å²) in [6, 6.07) is 0. The number of phosphoric acid groups is 1. The highest BCUT2D eigenvalue weighted by molar-refractivity contribution is 7.47. The van der Waals surface area contributed by atoms with E-state index in [1.807, 2.05) is 37.3 Å².